The van der Waals surface area contributed by atoms with Crippen molar-refractivity contribution in [2.75, 3.05) is 32.0 Å². The SMILES string of the molecule is CCOc1nc(C(=O)NC[C@@H]2CCN(Cc3cnc(-c4ccccn4)s3)C[C@H]2O)cc(N)c1C#N. The molecule has 0 unspecified atom stereocenters. The summed E-state index contributed by atoms with van der Waals surface area (Å²) < 4.78 is 5.35. The quantitative estimate of drug-likeness (QED) is 0.428. The molecule has 4 rings (SSSR count). The average molecular weight is 494 g/mol. The van der Waals surface area contributed by atoms with Crippen molar-refractivity contribution in [3.63, 3.8) is 0 Å². The molecule has 3 aromatic heterocycles. The van der Waals surface area contributed by atoms with Gasteiger partial charge in [-0.15, -0.1) is 11.3 Å². The monoisotopic (exact) mass is 493 g/mol. The van der Waals surface area contributed by atoms with Crippen LogP contribution in [-0.2, 0) is 6.54 Å². The Morgan fingerprint density at radius 1 is 1.43 bits per heavy atom. The van der Waals surface area contributed by atoms with Crippen LogP contribution in [0, 0.1) is 17.2 Å². The number of aliphatic hydroxyl groups excluding tert-OH is 1. The van der Waals surface area contributed by atoms with Crippen LogP contribution < -0.4 is 15.8 Å². The van der Waals surface area contributed by atoms with Crippen LogP contribution in [0.5, 0.6) is 5.88 Å². The standard InChI is InChI=1S/C24H27N7O3S/c1-2-34-23-17(10-25)18(26)9-20(30-23)22(33)28-11-15-6-8-31(14-21(15)32)13-16-12-29-24(35-16)19-5-3-4-7-27-19/h3-5,7,9,12,15,21,32H,2,6,8,11,13-14H2,1H3,(H2,26,30)(H,28,33)/t15-,21+/m0/s1. The number of carbonyl (C=O) groups is 1. The molecule has 1 aliphatic rings. The molecule has 0 spiro atoms. The second kappa shape index (κ2) is 11.2. The van der Waals surface area contributed by atoms with Crippen LogP contribution in [-0.4, -0.2) is 63.2 Å². The number of aliphatic hydroxyl groups is 1. The third kappa shape index (κ3) is 5.92. The average Bonchev–Trinajstić information content (AvgIpc) is 3.32. The van der Waals surface area contributed by atoms with Gasteiger partial charge in [-0.2, -0.15) is 5.26 Å². The predicted octanol–water partition coefficient (Wildman–Crippen LogP) is 2.07. The van der Waals surface area contributed by atoms with Crippen LogP contribution in [0.4, 0.5) is 5.69 Å². The molecule has 4 N–H and O–H groups in total. The van der Waals surface area contributed by atoms with Crippen molar-refractivity contribution in [2.24, 2.45) is 5.92 Å². The lowest BCUT2D eigenvalue weighted by Crippen LogP contribution is -2.47. The number of ether oxygens (including phenoxy) is 1. The van der Waals surface area contributed by atoms with E-state index in [1.807, 2.05) is 30.5 Å². The summed E-state index contributed by atoms with van der Waals surface area (Å²) >= 11 is 1.60. The van der Waals surface area contributed by atoms with Crippen LogP contribution in [0.1, 0.15) is 34.3 Å². The first-order valence-electron chi connectivity index (χ1n) is 11.4. The van der Waals surface area contributed by atoms with E-state index in [0.717, 1.165) is 28.5 Å². The fourth-order valence-corrected chi connectivity index (χ4v) is 4.89. The van der Waals surface area contributed by atoms with Gasteiger partial charge in [-0.05, 0) is 38.1 Å². The highest BCUT2D eigenvalue weighted by atomic mass is 32.1. The van der Waals surface area contributed by atoms with E-state index in [-0.39, 0.29) is 28.7 Å². The summed E-state index contributed by atoms with van der Waals surface area (Å²) in [6.45, 7) is 4.37. The van der Waals surface area contributed by atoms with Crippen LogP contribution in [0.3, 0.4) is 0 Å². The van der Waals surface area contributed by atoms with Gasteiger partial charge in [0, 0.05) is 42.8 Å². The van der Waals surface area contributed by atoms with E-state index in [9.17, 15) is 15.2 Å². The van der Waals surface area contributed by atoms with Gasteiger partial charge in [0.1, 0.15) is 22.3 Å². The van der Waals surface area contributed by atoms with Crippen molar-refractivity contribution in [3.05, 3.63) is 52.8 Å². The molecule has 0 radical (unpaired) electrons. The summed E-state index contributed by atoms with van der Waals surface area (Å²) in [7, 11) is 0. The molecule has 0 aliphatic carbocycles. The number of likely N-dealkylation sites (tertiary alicyclic amines) is 1. The third-order valence-corrected chi connectivity index (χ3v) is 6.79. The van der Waals surface area contributed by atoms with E-state index >= 15 is 0 Å². The molecule has 1 amide bonds. The highest BCUT2D eigenvalue weighted by molar-refractivity contribution is 7.14. The van der Waals surface area contributed by atoms with Gasteiger partial charge in [0.25, 0.3) is 5.91 Å². The second-order valence-corrected chi connectivity index (χ2v) is 9.34. The number of amides is 1. The Morgan fingerprint density at radius 2 is 2.29 bits per heavy atom. The van der Waals surface area contributed by atoms with Gasteiger partial charge in [0.05, 0.1) is 24.1 Å². The highest BCUT2D eigenvalue weighted by Crippen LogP contribution is 2.26. The second-order valence-electron chi connectivity index (χ2n) is 8.23. The number of aromatic nitrogens is 3. The number of rotatable bonds is 8. The van der Waals surface area contributed by atoms with Gasteiger partial charge in [0.2, 0.25) is 5.88 Å². The number of hydrogen-bond acceptors (Lipinski definition) is 10. The maximum atomic E-state index is 12.7. The number of nitriles is 1. The topological polar surface area (TPSA) is 150 Å². The normalized spacial score (nSPS) is 18.1. The number of thiazole rings is 1. The van der Waals surface area contributed by atoms with Crippen molar-refractivity contribution in [3.8, 4) is 22.7 Å². The van der Waals surface area contributed by atoms with Gasteiger partial charge < -0.3 is 20.9 Å². The molecule has 1 fully saturated rings. The zero-order valence-corrected chi connectivity index (χ0v) is 20.2. The van der Waals surface area contributed by atoms with Crippen molar-refractivity contribution < 1.29 is 14.6 Å². The number of hydrogen-bond donors (Lipinski definition) is 3. The smallest absolute Gasteiger partial charge is 0.270 e. The first kappa shape index (κ1) is 24.5. The van der Waals surface area contributed by atoms with Crippen LogP contribution in [0.15, 0.2) is 36.7 Å². The summed E-state index contributed by atoms with van der Waals surface area (Å²) in [5.41, 5.74) is 7.07. The number of nitrogen functional groups attached to an aromatic ring is 1. The Kier molecular flexibility index (Phi) is 7.87. The Labute approximate surface area is 207 Å². The minimum absolute atomic E-state index is 0.0442. The molecule has 10 nitrogen and oxygen atoms in total. The first-order chi connectivity index (χ1) is 17.0. The number of carbonyl (C=O) groups excluding carboxylic acids is 1. The van der Waals surface area contributed by atoms with Crippen molar-refractivity contribution in [1.82, 2.24) is 25.2 Å². The first-order valence-corrected chi connectivity index (χ1v) is 12.2. The number of piperidine rings is 1. The minimum atomic E-state index is -0.579. The van der Waals surface area contributed by atoms with E-state index in [0.29, 0.717) is 26.2 Å². The fraction of sp³-hybridized carbons (Fsp3) is 0.375. The molecule has 0 bridgehead atoms. The lowest BCUT2D eigenvalue weighted by atomic mass is 9.93. The number of nitrogens with two attached hydrogens (primary N) is 1. The molecule has 182 valence electrons. The predicted molar refractivity (Wildman–Crippen MR) is 132 cm³/mol. The maximum Gasteiger partial charge on any atom is 0.270 e. The molecule has 11 heteroatoms. The Balaban J connectivity index is 1.30. The van der Waals surface area contributed by atoms with Gasteiger partial charge in [-0.3, -0.25) is 14.7 Å². The maximum absolute atomic E-state index is 12.7. The molecular formula is C24H27N7O3S. The Hall–Kier alpha value is -3.59. The van der Waals surface area contributed by atoms with Crippen LogP contribution in [0.25, 0.3) is 10.7 Å². The van der Waals surface area contributed by atoms with Gasteiger partial charge in [-0.25, -0.2) is 9.97 Å². The number of β-amino-alcohol motifs (C(OH)–C–C–N with tert-alkyl or cyclic N) is 1. The summed E-state index contributed by atoms with van der Waals surface area (Å²) in [6.07, 6.45) is 3.77. The van der Waals surface area contributed by atoms with Gasteiger partial charge >= 0.3 is 0 Å². The van der Waals surface area contributed by atoms with E-state index in [1.54, 1.807) is 24.5 Å². The van der Waals surface area contributed by atoms with Gasteiger partial charge in [0.15, 0.2) is 0 Å². The van der Waals surface area contributed by atoms with E-state index in [2.05, 4.69) is 25.2 Å². The molecule has 0 saturated carbocycles. The largest absolute Gasteiger partial charge is 0.477 e. The molecule has 4 heterocycles. The summed E-state index contributed by atoms with van der Waals surface area (Å²) in [5, 5.41) is 23.7. The van der Waals surface area contributed by atoms with Crippen LogP contribution >= 0.6 is 11.3 Å². The number of nitrogens with one attached hydrogen (secondary N) is 1. The highest BCUT2D eigenvalue weighted by Gasteiger charge is 2.29. The Bertz CT molecular complexity index is 1210. The zero-order valence-electron chi connectivity index (χ0n) is 19.3. The molecule has 2 atom stereocenters. The van der Waals surface area contributed by atoms with Crippen molar-refractivity contribution >= 4 is 22.9 Å². The minimum Gasteiger partial charge on any atom is -0.477 e. The number of pyridine rings is 2. The number of anilines is 1. The molecule has 1 aliphatic heterocycles. The lowest BCUT2D eigenvalue weighted by Gasteiger charge is -2.35. The van der Waals surface area contributed by atoms with Crippen LogP contribution in [0.2, 0.25) is 0 Å². The lowest BCUT2D eigenvalue weighted by molar-refractivity contribution is 0.0193. The summed E-state index contributed by atoms with van der Waals surface area (Å²) in [5.74, 6) is -0.464. The zero-order chi connectivity index (χ0) is 24.8. The third-order valence-electron chi connectivity index (χ3n) is 5.79. The Morgan fingerprint density at radius 3 is 3.00 bits per heavy atom. The van der Waals surface area contributed by atoms with Gasteiger partial charge in [-0.1, -0.05) is 6.07 Å². The van der Waals surface area contributed by atoms with Crippen molar-refractivity contribution in [2.45, 2.75) is 26.0 Å². The van der Waals surface area contributed by atoms with E-state index < -0.39 is 12.0 Å². The fourth-order valence-electron chi connectivity index (χ4n) is 3.96. The summed E-state index contributed by atoms with van der Waals surface area (Å²) in [4.78, 5) is 28.9. The molecule has 35 heavy (non-hydrogen) atoms. The van der Waals surface area contributed by atoms with Crippen molar-refractivity contribution in [1.29, 1.82) is 5.26 Å². The molecule has 0 aromatic carbocycles. The summed E-state index contributed by atoms with van der Waals surface area (Å²) in [6, 6.07) is 9.06. The van der Waals surface area contributed by atoms with E-state index in [4.69, 9.17) is 10.5 Å². The molecule has 1 saturated heterocycles. The van der Waals surface area contributed by atoms with E-state index in [1.165, 1.54) is 6.07 Å². The molecule has 3 aromatic rings. The number of nitrogens with zero attached hydrogens (tertiary/aromatic N) is 5. The molecular weight excluding hydrogens is 466 g/mol.